The summed E-state index contributed by atoms with van der Waals surface area (Å²) in [4.78, 5) is 17.9. The molecule has 1 aliphatic heterocycles. The van der Waals surface area contributed by atoms with Crippen LogP contribution in [0.4, 0.5) is 5.82 Å². The molecule has 0 spiro atoms. The van der Waals surface area contributed by atoms with Crippen LogP contribution in [-0.2, 0) is 11.3 Å². The van der Waals surface area contributed by atoms with Gasteiger partial charge in [-0.15, -0.1) is 0 Å². The summed E-state index contributed by atoms with van der Waals surface area (Å²) in [5.74, 6) is 0.401. The quantitative estimate of drug-likeness (QED) is 0.719. The van der Waals surface area contributed by atoms with Gasteiger partial charge in [-0.2, -0.15) is 5.26 Å². The molecule has 6 heteroatoms. The topological polar surface area (TPSA) is 71.2 Å². The third kappa shape index (κ3) is 2.29. The van der Waals surface area contributed by atoms with Crippen molar-refractivity contribution in [3.8, 4) is 6.07 Å². The summed E-state index contributed by atoms with van der Waals surface area (Å²) >= 11 is 0. The Morgan fingerprint density at radius 1 is 1.71 bits per heavy atom. The molecule has 6 nitrogen and oxygen atoms in total. The number of morpholine rings is 1. The highest BCUT2D eigenvalue weighted by atomic mass is 16.5. The molecule has 0 aromatic carbocycles. The van der Waals surface area contributed by atoms with E-state index in [4.69, 9.17) is 10.00 Å². The average Bonchev–Trinajstić information content (AvgIpc) is 2.39. The van der Waals surface area contributed by atoms with Gasteiger partial charge < -0.3 is 14.2 Å². The largest absolute Gasteiger partial charge is 0.360 e. The molecule has 1 aromatic heterocycles. The van der Waals surface area contributed by atoms with Crippen LogP contribution < -0.4 is 10.5 Å². The molecular formula is C11H14N4O2. The average molecular weight is 234 g/mol. The fourth-order valence-corrected chi connectivity index (χ4v) is 1.82. The van der Waals surface area contributed by atoms with Gasteiger partial charge in [0.1, 0.15) is 0 Å². The molecule has 0 saturated carbocycles. The maximum atomic E-state index is 12.0. The van der Waals surface area contributed by atoms with E-state index in [-0.39, 0.29) is 5.56 Å². The first-order valence-electron chi connectivity index (χ1n) is 5.58. The zero-order valence-corrected chi connectivity index (χ0v) is 9.67. The van der Waals surface area contributed by atoms with E-state index in [2.05, 4.69) is 11.1 Å². The highest BCUT2D eigenvalue weighted by Crippen LogP contribution is 2.10. The molecule has 1 saturated heterocycles. The second kappa shape index (κ2) is 4.97. The van der Waals surface area contributed by atoms with Gasteiger partial charge >= 0.3 is 0 Å². The number of aryl methyl sites for hydroxylation is 1. The molecule has 0 amide bonds. The van der Waals surface area contributed by atoms with Crippen molar-refractivity contribution in [1.82, 2.24) is 9.55 Å². The van der Waals surface area contributed by atoms with Gasteiger partial charge in [-0.05, 0) is 6.92 Å². The first-order chi connectivity index (χ1) is 8.26. The Hall–Kier alpha value is -1.87. The summed E-state index contributed by atoms with van der Waals surface area (Å²) in [5.41, 5.74) is -0.117. The normalized spacial score (nSPS) is 20.0. The van der Waals surface area contributed by atoms with E-state index in [1.165, 1.54) is 0 Å². The minimum Gasteiger partial charge on any atom is -0.360 e. The smallest absolute Gasteiger partial charge is 0.293 e. The number of ether oxygens (including phenoxy) is 1. The predicted molar refractivity (Wildman–Crippen MR) is 61.7 cm³/mol. The van der Waals surface area contributed by atoms with Crippen LogP contribution in [0.25, 0.3) is 0 Å². The summed E-state index contributed by atoms with van der Waals surface area (Å²) < 4.78 is 6.83. The summed E-state index contributed by atoms with van der Waals surface area (Å²) in [6.07, 6.45) is 2.78. The standard InChI is InChI=1S/C11H14N4O2/c1-2-14-4-3-13-10(11(14)16)15-5-6-17-9(7-12)8-15/h3-4,9H,2,5-6,8H2,1H3. The van der Waals surface area contributed by atoms with Gasteiger partial charge in [0.25, 0.3) is 5.56 Å². The molecule has 1 aliphatic rings. The highest BCUT2D eigenvalue weighted by Gasteiger charge is 2.23. The van der Waals surface area contributed by atoms with Crippen molar-refractivity contribution in [2.24, 2.45) is 0 Å². The van der Waals surface area contributed by atoms with Gasteiger partial charge in [0.15, 0.2) is 11.9 Å². The van der Waals surface area contributed by atoms with Crippen molar-refractivity contribution in [2.75, 3.05) is 24.6 Å². The predicted octanol–water partition coefficient (Wildman–Crippen LogP) is -0.00802. The molecule has 2 heterocycles. The molecule has 2 rings (SSSR count). The monoisotopic (exact) mass is 234 g/mol. The maximum absolute atomic E-state index is 12.0. The van der Waals surface area contributed by atoms with E-state index in [0.717, 1.165) is 0 Å². The Labute approximate surface area is 99.1 Å². The van der Waals surface area contributed by atoms with Gasteiger partial charge in [0.05, 0.1) is 19.2 Å². The molecule has 90 valence electrons. The lowest BCUT2D eigenvalue weighted by Gasteiger charge is -2.30. The second-order valence-corrected chi connectivity index (χ2v) is 3.78. The minimum absolute atomic E-state index is 0.117. The van der Waals surface area contributed by atoms with Crippen molar-refractivity contribution in [3.63, 3.8) is 0 Å². The number of nitriles is 1. The number of nitrogens with zero attached hydrogens (tertiary/aromatic N) is 4. The Morgan fingerprint density at radius 3 is 3.24 bits per heavy atom. The lowest BCUT2D eigenvalue weighted by molar-refractivity contribution is 0.0760. The number of hydrogen-bond acceptors (Lipinski definition) is 5. The highest BCUT2D eigenvalue weighted by molar-refractivity contribution is 5.36. The number of aromatic nitrogens is 2. The summed E-state index contributed by atoms with van der Waals surface area (Å²) in [7, 11) is 0. The Bertz CT molecular complexity index is 491. The van der Waals surface area contributed by atoms with Crippen LogP contribution in [0.3, 0.4) is 0 Å². The van der Waals surface area contributed by atoms with E-state index in [0.29, 0.717) is 32.1 Å². The van der Waals surface area contributed by atoms with Gasteiger partial charge in [0, 0.05) is 25.5 Å². The van der Waals surface area contributed by atoms with Crippen molar-refractivity contribution in [3.05, 3.63) is 22.7 Å². The summed E-state index contributed by atoms with van der Waals surface area (Å²) in [5, 5.41) is 8.82. The molecule has 1 atom stereocenters. The van der Waals surface area contributed by atoms with Crippen LogP contribution >= 0.6 is 0 Å². The van der Waals surface area contributed by atoms with Crippen LogP contribution in [0.2, 0.25) is 0 Å². The van der Waals surface area contributed by atoms with Crippen molar-refractivity contribution in [2.45, 2.75) is 19.6 Å². The third-order valence-electron chi connectivity index (χ3n) is 2.75. The molecule has 0 bridgehead atoms. The van der Waals surface area contributed by atoms with Crippen molar-refractivity contribution in [1.29, 1.82) is 5.26 Å². The molecule has 1 aromatic rings. The third-order valence-corrected chi connectivity index (χ3v) is 2.75. The van der Waals surface area contributed by atoms with E-state index >= 15 is 0 Å². The van der Waals surface area contributed by atoms with Crippen molar-refractivity contribution < 1.29 is 4.74 Å². The van der Waals surface area contributed by atoms with Gasteiger partial charge in [0.2, 0.25) is 0 Å². The van der Waals surface area contributed by atoms with Crippen LogP contribution in [0.1, 0.15) is 6.92 Å². The molecule has 0 radical (unpaired) electrons. The van der Waals surface area contributed by atoms with E-state index in [9.17, 15) is 4.79 Å². The molecular weight excluding hydrogens is 220 g/mol. The zero-order chi connectivity index (χ0) is 12.3. The minimum atomic E-state index is -0.486. The van der Waals surface area contributed by atoms with Crippen LogP contribution in [0.5, 0.6) is 0 Å². The van der Waals surface area contributed by atoms with E-state index < -0.39 is 6.10 Å². The zero-order valence-electron chi connectivity index (χ0n) is 9.67. The first-order valence-corrected chi connectivity index (χ1v) is 5.58. The maximum Gasteiger partial charge on any atom is 0.293 e. The summed E-state index contributed by atoms with van der Waals surface area (Å²) in [6.45, 7) is 3.95. The van der Waals surface area contributed by atoms with Gasteiger partial charge in [-0.25, -0.2) is 4.98 Å². The van der Waals surface area contributed by atoms with Crippen LogP contribution in [-0.4, -0.2) is 35.4 Å². The van der Waals surface area contributed by atoms with Gasteiger partial charge in [-0.3, -0.25) is 4.79 Å². The molecule has 1 unspecified atom stereocenters. The summed E-state index contributed by atoms with van der Waals surface area (Å²) in [6, 6.07) is 2.05. The van der Waals surface area contributed by atoms with E-state index in [1.807, 2.05) is 11.8 Å². The lowest BCUT2D eigenvalue weighted by atomic mass is 10.3. The molecule has 0 aliphatic carbocycles. The number of hydrogen-bond donors (Lipinski definition) is 0. The fraction of sp³-hybridized carbons (Fsp3) is 0.545. The number of anilines is 1. The van der Waals surface area contributed by atoms with Crippen LogP contribution in [0, 0.1) is 11.3 Å². The first kappa shape index (κ1) is 11.6. The van der Waals surface area contributed by atoms with Crippen molar-refractivity contribution >= 4 is 5.82 Å². The van der Waals surface area contributed by atoms with E-state index in [1.54, 1.807) is 17.0 Å². The van der Waals surface area contributed by atoms with Gasteiger partial charge in [-0.1, -0.05) is 0 Å². The Balaban J connectivity index is 2.28. The fourth-order valence-electron chi connectivity index (χ4n) is 1.82. The molecule has 17 heavy (non-hydrogen) atoms. The lowest BCUT2D eigenvalue weighted by Crippen LogP contribution is -2.45. The Morgan fingerprint density at radius 2 is 2.53 bits per heavy atom. The van der Waals surface area contributed by atoms with Crippen LogP contribution in [0.15, 0.2) is 17.2 Å². The second-order valence-electron chi connectivity index (χ2n) is 3.78. The SMILES string of the molecule is CCn1ccnc(N2CCOC(C#N)C2)c1=O. The molecule has 0 N–H and O–H groups in total. The Kier molecular flexibility index (Phi) is 3.40. The number of rotatable bonds is 2. The molecule has 1 fully saturated rings.